The van der Waals surface area contributed by atoms with E-state index < -0.39 is 0 Å². The molecule has 0 atom stereocenters. The number of halogens is 2. The fourth-order valence-electron chi connectivity index (χ4n) is 1.16. The first-order valence-corrected chi connectivity index (χ1v) is 5.87. The van der Waals surface area contributed by atoms with E-state index in [-0.39, 0.29) is 5.91 Å². The molecule has 0 aliphatic carbocycles. The molecule has 0 radical (unpaired) electrons. The van der Waals surface area contributed by atoms with Gasteiger partial charge in [-0.25, -0.2) is 0 Å². The average molecular weight is 348 g/mol. The maximum atomic E-state index is 11.8. The molecular formula is C10H7ClIN3O. The number of nitrogens with zero attached hydrogens (tertiary/aromatic N) is 1. The first-order chi connectivity index (χ1) is 7.66. The second kappa shape index (κ2) is 4.84. The molecule has 1 heterocycles. The topological polar surface area (TPSA) is 57.8 Å². The summed E-state index contributed by atoms with van der Waals surface area (Å²) in [4.78, 5) is 11.8. The number of rotatable bonds is 2. The lowest BCUT2D eigenvalue weighted by molar-refractivity contribution is 0.102. The zero-order chi connectivity index (χ0) is 11.5. The van der Waals surface area contributed by atoms with Crippen LogP contribution in [-0.2, 0) is 0 Å². The predicted molar refractivity (Wildman–Crippen MR) is 70.7 cm³/mol. The lowest BCUT2D eigenvalue weighted by Gasteiger charge is -2.03. The summed E-state index contributed by atoms with van der Waals surface area (Å²) in [5.74, 6) is -0.209. The van der Waals surface area contributed by atoms with Gasteiger partial charge in [0.15, 0.2) is 0 Å². The van der Waals surface area contributed by atoms with Crippen LogP contribution < -0.4 is 5.32 Å². The van der Waals surface area contributed by atoms with E-state index in [2.05, 4.69) is 38.1 Å². The van der Waals surface area contributed by atoms with Crippen LogP contribution in [0.25, 0.3) is 0 Å². The Balaban J connectivity index is 2.18. The van der Waals surface area contributed by atoms with E-state index in [1.54, 1.807) is 24.4 Å². The van der Waals surface area contributed by atoms with Crippen molar-refractivity contribution in [3.05, 3.63) is 44.7 Å². The summed E-state index contributed by atoms with van der Waals surface area (Å²) in [6.45, 7) is 0. The minimum absolute atomic E-state index is 0.209. The van der Waals surface area contributed by atoms with Crippen molar-refractivity contribution in [3.8, 4) is 0 Å². The number of aromatic nitrogens is 2. The van der Waals surface area contributed by atoms with Crippen molar-refractivity contribution in [1.29, 1.82) is 0 Å². The molecule has 0 aliphatic rings. The minimum atomic E-state index is -0.209. The molecule has 2 aromatic rings. The molecule has 0 saturated carbocycles. The fraction of sp³-hybridized carbons (Fsp3) is 0. The second-order valence-electron chi connectivity index (χ2n) is 3.07. The summed E-state index contributed by atoms with van der Waals surface area (Å²) in [5.41, 5.74) is 1.14. The van der Waals surface area contributed by atoms with Gasteiger partial charge in [-0.1, -0.05) is 11.6 Å². The molecule has 1 amide bonds. The molecule has 0 unspecified atom stereocenters. The molecule has 2 N–H and O–H groups in total. The Kier molecular flexibility index (Phi) is 3.45. The Bertz CT molecular complexity index is 513. The van der Waals surface area contributed by atoms with Gasteiger partial charge in [0.05, 0.1) is 16.9 Å². The normalized spacial score (nSPS) is 10.1. The van der Waals surface area contributed by atoms with Crippen LogP contribution >= 0.6 is 34.2 Å². The molecule has 0 bridgehead atoms. The monoisotopic (exact) mass is 347 g/mol. The van der Waals surface area contributed by atoms with Gasteiger partial charge in [-0.05, 0) is 40.8 Å². The van der Waals surface area contributed by atoms with Crippen LogP contribution in [0.1, 0.15) is 10.4 Å². The second-order valence-corrected chi connectivity index (χ2v) is 4.64. The van der Waals surface area contributed by atoms with Gasteiger partial charge in [-0.3, -0.25) is 9.89 Å². The van der Waals surface area contributed by atoms with Crippen molar-refractivity contribution in [2.24, 2.45) is 0 Å². The van der Waals surface area contributed by atoms with E-state index in [0.29, 0.717) is 16.3 Å². The first-order valence-electron chi connectivity index (χ1n) is 4.42. The molecule has 1 aromatic heterocycles. The Morgan fingerprint density at radius 2 is 2.31 bits per heavy atom. The summed E-state index contributed by atoms with van der Waals surface area (Å²) in [6, 6.07) is 5.16. The van der Waals surface area contributed by atoms with Gasteiger partial charge >= 0.3 is 0 Å². The molecule has 0 aliphatic heterocycles. The minimum Gasteiger partial charge on any atom is -0.319 e. The SMILES string of the molecule is O=C(Nc1cn[nH]c1)c1ccc(I)c(Cl)c1. The number of anilines is 1. The largest absolute Gasteiger partial charge is 0.319 e. The number of carbonyl (C=O) groups excluding carboxylic acids is 1. The van der Waals surface area contributed by atoms with E-state index in [4.69, 9.17) is 11.6 Å². The fourth-order valence-corrected chi connectivity index (χ4v) is 1.68. The first kappa shape index (κ1) is 11.4. The number of nitrogens with one attached hydrogen (secondary N) is 2. The Labute approximate surface area is 111 Å². The summed E-state index contributed by atoms with van der Waals surface area (Å²) in [6.07, 6.45) is 3.14. The third-order valence-corrected chi connectivity index (χ3v) is 3.51. The number of hydrogen-bond donors (Lipinski definition) is 2. The average Bonchev–Trinajstić information content (AvgIpc) is 2.74. The standard InChI is InChI=1S/C10H7ClIN3O/c11-8-3-6(1-2-9(8)12)10(16)15-7-4-13-14-5-7/h1-5H,(H,13,14)(H,15,16). The van der Waals surface area contributed by atoms with E-state index in [1.165, 1.54) is 6.20 Å². The van der Waals surface area contributed by atoms with Crippen LogP contribution in [0, 0.1) is 3.57 Å². The van der Waals surface area contributed by atoms with Crippen molar-refractivity contribution < 1.29 is 4.79 Å². The summed E-state index contributed by atoms with van der Waals surface area (Å²) < 4.78 is 0.916. The zero-order valence-corrected chi connectivity index (χ0v) is 10.9. The van der Waals surface area contributed by atoms with Crippen molar-refractivity contribution >= 4 is 45.8 Å². The molecule has 16 heavy (non-hydrogen) atoms. The van der Waals surface area contributed by atoms with Gasteiger partial charge in [-0.15, -0.1) is 0 Å². The highest BCUT2D eigenvalue weighted by Gasteiger charge is 2.08. The summed E-state index contributed by atoms with van der Waals surface area (Å²) >= 11 is 8.04. The highest BCUT2D eigenvalue weighted by molar-refractivity contribution is 14.1. The maximum Gasteiger partial charge on any atom is 0.255 e. The number of carbonyl (C=O) groups is 1. The molecule has 2 rings (SSSR count). The van der Waals surface area contributed by atoms with Crippen LogP contribution in [0.3, 0.4) is 0 Å². The Morgan fingerprint density at radius 3 is 2.94 bits per heavy atom. The molecule has 1 aromatic carbocycles. The maximum absolute atomic E-state index is 11.8. The lowest BCUT2D eigenvalue weighted by Crippen LogP contribution is -2.11. The molecule has 82 valence electrons. The third kappa shape index (κ3) is 2.53. The molecular weight excluding hydrogens is 340 g/mol. The highest BCUT2D eigenvalue weighted by Crippen LogP contribution is 2.20. The number of aromatic amines is 1. The Morgan fingerprint density at radius 1 is 1.50 bits per heavy atom. The van der Waals surface area contributed by atoms with Gasteiger partial charge in [0.2, 0.25) is 0 Å². The van der Waals surface area contributed by atoms with E-state index in [9.17, 15) is 4.79 Å². The number of hydrogen-bond acceptors (Lipinski definition) is 2. The van der Waals surface area contributed by atoms with Crippen molar-refractivity contribution in [1.82, 2.24) is 10.2 Å². The van der Waals surface area contributed by atoms with Crippen LogP contribution in [0.5, 0.6) is 0 Å². The smallest absolute Gasteiger partial charge is 0.255 e. The number of H-pyrrole nitrogens is 1. The van der Waals surface area contributed by atoms with Crippen LogP contribution in [0.4, 0.5) is 5.69 Å². The van der Waals surface area contributed by atoms with Gasteiger partial charge in [0.25, 0.3) is 5.91 Å². The van der Waals surface area contributed by atoms with Crippen molar-refractivity contribution in [3.63, 3.8) is 0 Å². The van der Waals surface area contributed by atoms with Gasteiger partial charge in [0.1, 0.15) is 0 Å². The van der Waals surface area contributed by atoms with E-state index in [1.807, 2.05) is 0 Å². The summed E-state index contributed by atoms with van der Waals surface area (Å²) in [5, 5.41) is 9.61. The molecule has 4 nitrogen and oxygen atoms in total. The van der Waals surface area contributed by atoms with Crippen LogP contribution in [-0.4, -0.2) is 16.1 Å². The van der Waals surface area contributed by atoms with Gasteiger partial charge in [-0.2, -0.15) is 5.10 Å². The number of amides is 1. The molecule has 6 heteroatoms. The van der Waals surface area contributed by atoms with E-state index in [0.717, 1.165) is 3.57 Å². The third-order valence-electron chi connectivity index (χ3n) is 1.94. The lowest BCUT2D eigenvalue weighted by atomic mass is 10.2. The van der Waals surface area contributed by atoms with Gasteiger partial charge in [0, 0.05) is 15.3 Å². The van der Waals surface area contributed by atoms with Crippen LogP contribution in [0.2, 0.25) is 5.02 Å². The van der Waals surface area contributed by atoms with Crippen molar-refractivity contribution in [2.45, 2.75) is 0 Å². The highest BCUT2D eigenvalue weighted by atomic mass is 127. The van der Waals surface area contributed by atoms with Crippen molar-refractivity contribution in [2.75, 3.05) is 5.32 Å². The van der Waals surface area contributed by atoms with Crippen LogP contribution in [0.15, 0.2) is 30.6 Å². The molecule has 0 fully saturated rings. The predicted octanol–water partition coefficient (Wildman–Crippen LogP) is 2.92. The zero-order valence-electron chi connectivity index (χ0n) is 8.00. The van der Waals surface area contributed by atoms with Gasteiger partial charge < -0.3 is 5.32 Å². The summed E-state index contributed by atoms with van der Waals surface area (Å²) in [7, 11) is 0. The quantitative estimate of drug-likeness (QED) is 0.821. The Hall–Kier alpha value is -1.08. The molecule has 0 spiro atoms. The van der Waals surface area contributed by atoms with E-state index >= 15 is 0 Å². The number of benzene rings is 1. The molecule has 0 saturated heterocycles.